The van der Waals surface area contributed by atoms with Crippen LogP contribution in [0.4, 0.5) is 0 Å². The predicted octanol–water partition coefficient (Wildman–Crippen LogP) is 3.12. The van der Waals surface area contributed by atoms with Crippen LogP contribution in [0.1, 0.15) is 30.5 Å². The zero-order valence-electron chi connectivity index (χ0n) is 13.2. The van der Waals surface area contributed by atoms with Crippen LogP contribution in [-0.2, 0) is 0 Å². The van der Waals surface area contributed by atoms with E-state index < -0.39 is 0 Å². The maximum absolute atomic E-state index is 9.91. The van der Waals surface area contributed by atoms with Gasteiger partial charge < -0.3 is 16.2 Å². The molecule has 0 aromatic heterocycles. The molecule has 116 valence electrons. The molecular weight excluding hydrogens is 272 g/mol. The second-order valence-corrected chi connectivity index (χ2v) is 6.33. The zero-order valence-corrected chi connectivity index (χ0v) is 13.2. The molecule has 4 N–H and O–H groups in total. The molecule has 0 amide bonds. The quantitative estimate of drug-likeness (QED) is 0.803. The van der Waals surface area contributed by atoms with Crippen molar-refractivity contribution >= 4 is 0 Å². The van der Waals surface area contributed by atoms with Crippen molar-refractivity contribution in [3.05, 3.63) is 65.3 Å². The molecule has 2 aliphatic carbocycles. The summed E-state index contributed by atoms with van der Waals surface area (Å²) in [6.07, 6.45) is 11.7. The normalized spacial score (nSPS) is 28.1. The fraction of sp³-hybridized carbons (Fsp3) is 0.368. The van der Waals surface area contributed by atoms with E-state index in [0.29, 0.717) is 17.7 Å². The third-order valence-electron chi connectivity index (χ3n) is 4.75. The SMILES string of the molecule is Cc1ccc(C(C)NC2CC=CC3=CC=CC(N)C32)cc1O. The number of allylic oxidation sites excluding steroid dienone is 3. The third-order valence-corrected chi connectivity index (χ3v) is 4.75. The van der Waals surface area contributed by atoms with E-state index in [4.69, 9.17) is 5.73 Å². The van der Waals surface area contributed by atoms with Crippen LogP contribution in [0.5, 0.6) is 5.75 Å². The Morgan fingerprint density at radius 2 is 2.18 bits per heavy atom. The van der Waals surface area contributed by atoms with Crippen molar-refractivity contribution in [2.75, 3.05) is 0 Å². The van der Waals surface area contributed by atoms with Crippen LogP contribution < -0.4 is 11.1 Å². The van der Waals surface area contributed by atoms with E-state index in [0.717, 1.165) is 17.5 Å². The Morgan fingerprint density at radius 3 is 2.95 bits per heavy atom. The van der Waals surface area contributed by atoms with Gasteiger partial charge in [0, 0.05) is 24.0 Å². The summed E-state index contributed by atoms with van der Waals surface area (Å²) in [4.78, 5) is 0. The molecular formula is C19H24N2O. The maximum atomic E-state index is 9.91. The molecule has 0 radical (unpaired) electrons. The summed E-state index contributed by atoms with van der Waals surface area (Å²) in [6.45, 7) is 4.05. The van der Waals surface area contributed by atoms with Crippen molar-refractivity contribution < 1.29 is 5.11 Å². The Labute approximate surface area is 132 Å². The number of fused-ring (bicyclic) bond motifs is 1. The average Bonchev–Trinajstić information content (AvgIpc) is 2.50. The van der Waals surface area contributed by atoms with E-state index in [1.807, 2.05) is 25.1 Å². The molecule has 0 heterocycles. The summed E-state index contributed by atoms with van der Waals surface area (Å²) in [7, 11) is 0. The lowest BCUT2D eigenvalue weighted by molar-refractivity contribution is 0.336. The largest absolute Gasteiger partial charge is 0.508 e. The minimum atomic E-state index is 0.0565. The number of nitrogens with one attached hydrogen (secondary N) is 1. The van der Waals surface area contributed by atoms with Crippen LogP contribution in [0.2, 0.25) is 0 Å². The van der Waals surface area contributed by atoms with Gasteiger partial charge in [0.05, 0.1) is 0 Å². The monoisotopic (exact) mass is 296 g/mol. The number of nitrogens with two attached hydrogens (primary N) is 1. The highest BCUT2D eigenvalue weighted by molar-refractivity contribution is 5.38. The van der Waals surface area contributed by atoms with Crippen molar-refractivity contribution in [1.29, 1.82) is 0 Å². The fourth-order valence-corrected chi connectivity index (χ4v) is 3.40. The molecule has 4 atom stereocenters. The van der Waals surface area contributed by atoms with E-state index in [1.165, 1.54) is 5.57 Å². The summed E-state index contributed by atoms with van der Waals surface area (Å²) in [5, 5.41) is 13.6. The van der Waals surface area contributed by atoms with Gasteiger partial charge in [-0.15, -0.1) is 0 Å². The Kier molecular flexibility index (Phi) is 4.19. The summed E-state index contributed by atoms with van der Waals surface area (Å²) >= 11 is 0. The van der Waals surface area contributed by atoms with Crippen molar-refractivity contribution in [1.82, 2.24) is 5.32 Å². The Bertz CT molecular complexity index is 645. The lowest BCUT2D eigenvalue weighted by Gasteiger charge is -2.37. The summed E-state index contributed by atoms with van der Waals surface area (Å²) < 4.78 is 0. The number of benzene rings is 1. The minimum Gasteiger partial charge on any atom is -0.508 e. The summed E-state index contributed by atoms with van der Waals surface area (Å²) in [5.41, 5.74) is 9.60. The smallest absolute Gasteiger partial charge is 0.118 e. The summed E-state index contributed by atoms with van der Waals surface area (Å²) in [6, 6.07) is 6.42. The molecule has 0 saturated heterocycles. The molecule has 0 aliphatic heterocycles. The molecule has 3 rings (SSSR count). The highest BCUT2D eigenvalue weighted by Crippen LogP contribution is 2.32. The Morgan fingerprint density at radius 1 is 1.36 bits per heavy atom. The van der Waals surface area contributed by atoms with Crippen molar-refractivity contribution in [2.24, 2.45) is 11.7 Å². The number of phenolic OH excluding ortho intramolecular Hbond substituents is 1. The van der Waals surface area contributed by atoms with Crippen molar-refractivity contribution in [3.63, 3.8) is 0 Å². The number of aromatic hydroxyl groups is 1. The molecule has 4 unspecified atom stereocenters. The summed E-state index contributed by atoms with van der Waals surface area (Å²) in [5.74, 6) is 0.670. The molecule has 1 aromatic carbocycles. The standard InChI is InChI=1S/C19H24N2O/c1-12-9-10-15(11-18(12)22)13(2)21-17-8-4-6-14-5-3-7-16(20)19(14)17/h3-7,9-11,13,16-17,19,21-22H,8,20H2,1-2H3. The highest BCUT2D eigenvalue weighted by atomic mass is 16.3. The van der Waals surface area contributed by atoms with Crippen LogP contribution in [0.15, 0.2) is 54.2 Å². The van der Waals surface area contributed by atoms with Gasteiger partial charge in [0.15, 0.2) is 0 Å². The van der Waals surface area contributed by atoms with Crippen LogP contribution in [0.3, 0.4) is 0 Å². The van der Waals surface area contributed by atoms with E-state index in [1.54, 1.807) is 0 Å². The van der Waals surface area contributed by atoms with E-state index >= 15 is 0 Å². The first kappa shape index (κ1) is 15.1. The van der Waals surface area contributed by atoms with E-state index in [-0.39, 0.29) is 12.1 Å². The molecule has 0 bridgehead atoms. The maximum Gasteiger partial charge on any atom is 0.118 e. The number of hydrogen-bond acceptors (Lipinski definition) is 3. The number of phenols is 1. The molecule has 3 heteroatoms. The molecule has 3 nitrogen and oxygen atoms in total. The van der Waals surface area contributed by atoms with Crippen LogP contribution in [0.25, 0.3) is 0 Å². The highest BCUT2D eigenvalue weighted by Gasteiger charge is 2.32. The van der Waals surface area contributed by atoms with Gasteiger partial charge in [-0.3, -0.25) is 0 Å². The van der Waals surface area contributed by atoms with Crippen LogP contribution >= 0.6 is 0 Å². The molecule has 0 saturated carbocycles. The Balaban J connectivity index is 1.77. The van der Waals surface area contributed by atoms with Gasteiger partial charge in [-0.25, -0.2) is 0 Å². The van der Waals surface area contributed by atoms with Gasteiger partial charge in [-0.1, -0.05) is 42.5 Å². The Hall–Kier alpha value is -1.84. The van der Waals surface area contributed by atoms with Gasteiger partial charge in [-0.05, 0) is 43.0 Å². The first-order valence-electron chi connectivity index (χ1n) is 7.92. The minimum absolute atomic E-state index is 0.0565. The second-order valence-electron chi connectivity index (χ2n) is 6.33. The van der Waals surface area contributed by atoms with Crippen LogP contribution in [-0.4, -0.2) is 17.2 Å². The van der Waals surface area contributed by atoms with E-state index in [9.17, 15) is 5.11 Å². The first-order chi connectivity index (χ1) is 10.6. The molecule has 22 heavy (non-hydrogen) atoms. The van der Waals surface area contributed by atoms with Crippen molar-refractivity contribution in [3.8, 4) is 5.75 Å². The van der Waals surface area contributed by atoms with E-state index in [2.05, 4.69) is 42.6 Å². The third kappa shape index (κ3) is 2.87. The van der Waals surface area contributed by atoms with Gasteiger partial charge in [0.25, 0.3) is 0 Å². The predicted molar refractivity (Wildman–Crippen MR) is 90.6 cm³/mol. The lowest BCUT2D eigenvalue weighted by Crippen LogP contribution is -2.47. The fourth-order valence-electron chi connectivity index (χ4n) is 3.40. The number of rotatable bonds is 3. The van der Waals surface area contributed by atoms with Gasteiger partial charge >= 0.3 is 0 Å². The van der Waals surface area contributed by atoms with Gasteiger partial charge in [0.2, 0.25) is 0 Å². The molecule has 2 aliphatic rings. The first-order valence-corrected chi connectivity index (χ1v) is 7.92. The molecule has 0 fully saturated rings. The number of aryl methyl sites for hydroxylation is 1. The molecule has 0 spiro atoms. The van der Waals surface area contributed by atoms with Gasteiger partial charge in [0.1, 0.15) is 5.75 Å². The van der Waals surface area contributed by atoms with Crippen LogP contribution in [0, 0.1) is 12.8 Å². The number of hydrogen-bond donors (Lipinski definition) is 3. The zero-order chi connectivity index (χ0) is 15.7. The molecule has 1 aromatic rings. The van der Waals surface area contributed by atoms with Crippen molar-refractivity contribution in [2.45, 2.75) is 38.4 Å². The second kappa shape index (κ2) is 6.11. The topological polar surface area (TPSA) is 58.3 Å². The van der Waals surface area contributed by atoms with Gasteiger partial charge in [-0.2, -0.15) is 0 Å². The average molecular weight is 296 g/mol. The lowest BCUT2D eigenvalue weighted by atomic mass is 9.77.